The number of halogens is 3. The molecule has 0 bridgehead atoms. The molecule has 5 N–H and O–H groups in total. The number of oxime groups is 1. The van der Waals surface area contributed by atoms with Gasteiger partial charge in [-0.15, -0.1) is 0 Å². The first-order chi connectivity index (χ1) is 7.78. The van der Waals surface area contributed by atoms with E-state index in [0.29, 0.717) is 12.8 Å². The van der Waals surface area contributed by atoms with E-state index < -0.39 is 30.1 Å². The highest BCUT2D eigenvalue weighted by molar-refractivity contribution is 5.83. The number of nitrogens with zero attached hydrogens (tertiary/aromatic N) is 1. The van der Waals surface area contributed by atoms with Gasteiger partial charge in [0.05, 0.1) is 5.60 Å². The molecule has 5 nitrogen and oxygen atoms in total. The van der Waals surface area contributed by atoms with Gasteiger partial charge in [0.1, 0.15) is 5.92 Å². The van der Waals surface area contributed by atoms with Gasteiger partial charge in [-0.3, -0.25) is 0 Å². The van der Waals surface area contributed by atoms with Crippen LogP contribution in [0.15, 0.2) is 5.16 Å². The van der Waals surface area contributed by atoms with Crippen molar-refractivity contribution in [1.82, 2.24) is 5.32 Å². The lowest BCUT2D eigenvalue weighted by Crippen LogP contribution is -2.50. The Hall–Kier alpha value is -1.02. The molecule has 8 heteroatoms. The molecule has 1 fully saturated rings. The summed E-state index contributed by atoms with van der Waals surface area (Å²) in [5.74, 6) is -2.93. The van der Waals surface area contributed by atoms with Crippen molar-refractivity contribution in [3.05, 3.63) is 0 Å². The Labute approximate surface area is 96.5 Å². The van der Waals surface area contributed by atoms with Gasteiger partial charge in [-0.1, -0.05) is 5.16 Å². The van der Waals surface area contributed by atoms with Crippen molar-refractivity contribution in [3.63, 3.8) is 0 Å². The molecule has 0 aromatic carbocycles. The van der Waals surface area contributed by atoms with Gasteiger partial charge in [0.15, 0.2) is 5.84 Å². The third-order valence-corrected chi connectivity index (χ3v) is 2.95. The zero-order valence-electron chi connectivity index (χ0n) is 9.17. The third kappa shape index (κ3) is 3.74. The van der Waals surface area contributed by atoms with Crippen LogP contribution in [-0.2, 0) is 0 Å². The summed E-state index contributed by atoms with van der Waals surface area (Å²) >= 11 is 0. The first-order valence-electron chi connectivity index (χ1n) is 5.26. The van der Waals surface area contributed by atoms with E-state index in [-0.39, 0.29) is 6.54 Å². The highest BCUT2D eigenvalue weighted by atomic mass is 19.4. The van der Waals surface area contributed by atoms with Crippen LogP contribution in [0, 0.1) is 5.92 Å². The summed E-state index contributed by atoms with van der Waals surface area (Å²) in [5.41, 5.74) is 4.08. The van der Waals surface area contributed by atoms with E-state index in [1.807, 2.05) is 0 Å². The Morgan fingerprint density at radius 3 is 2.41 bits per heavy atom. The summed E-state index contributed by atoms with van der Waals surface area (Å²) in [6.07, 6.45) is -2.53. The molecule has 0 aromatic rings. The number of rotatable bonds is 5. The molecular formula is C9H16F3N3O2. The van der Waals surface area contributed by atoms with Gasteiger partial charge in [0, 0.05) is 13.1 Å². The molecule has 1 aliphatic rings. The van der Waals surface area contributed by atoms with Gasteiger partial charge in [0.25, 0.3) is 0 Å². The Balaban J connectivity index is 2.45. The average Bonchev–Trinajstić information content (AvgIpc) is 2.19. The van der Waals surface area contributed by atoms with Crippen LogP contribution in [0.25, 0.3) is 0 Å². The Bertz CT molecular complexity index is 290. The number of aliphatic hydroxyl groups is 1. The van der Waals surface area contributed by atoms with E-state index in [4.69, 9.17) is 10.9 Å². The minimum Gasteiger partial charge on any atom is -0.409 e. The van der Waals surface area contributed by atoms with Crippen LogP contribution >= 0.6 is 0 Å². The molecule has 1 atom stereocenters. The molecule has 0 aliphatic heterocycles. The summed E-state index contributed by atoms with van der Waals surface area (Å²) in [5, 5.41) is 22.8. The minimum absolute atomic E-state index is 0.0816. The molecule has 0 heterocycles. The quantitative estimate of drug-likeness (QED) is 0.248. The maximum Gasteiger partial charge on any atom is 0.400 e. The molecule has 0 amide bonds. The molecular weight excluding hydrogens is 239 g/mol. The zero-order valence-corrected chi connectivity index (χ0v) is 9.17. The minimum atomic E-state index is -4.58. The molecule has 1 aliphatic carbocycles. The van der Waals surface area contributed by atoms with Crippen molar-refractivity contribution in [2.24, 2.45) is 16.8 Å². The Kier molecular flexibility index (Phi) is 4.21. The number of alkyl halides is 3. The SMILES string of the molecule is NC(=NO)C(CNCC1(O)CCC1)C(F)(F)F. The Morgan fingerprint density at radius 2 is 2.06 bits per heavy atom. The van der Waals surface area contributed by atoms with Crippen molar-refractivity contribution in [2.75, 3.05) is 13.1 Å². The molecule has 100 valence electrons. The van der Waals surface area contributed by atoms with Gasteiger partial charge in [-0.25, -0.2) is 0 Å². The largest absolute Gasteiger partial charge is 0.409 e. The summed E-state index contributed by atoms with van der Waals surface area (Å²) < 4.78 is 37.5. The van der Waals surface area contributed by atoms with E-state index in [2.05, 4.69) is 10.5 Å². The monoisotopic (exact) mass is 255 g/mol. The van der Waals surface area contributed by atoms with Crippen molar-refractivity contribution < 1.29 is 23.5 Å². The fraction of sp³-hybridized carbons (Fsp3) is 0.889. The van der Waals surface area contributed by atoms with Crippen LogP contribution < -0.4 is 11.1 Å². The summed E-state index contributed by atoms with van der Waals surface area (Å²) in [6.45, 7) is -0.431. The fourth-order valence-electron chi connectivity index (χ4n) is 1.67. The van der Waals surface area contributed by atoms with Gasteiger partial charge in [0.2, 0.25) is 0 Å². The lowest BCUT2D eigenvalue weighted by Gasteiger charge is -2.37. The summed E-state index contributed by atoms with van der Waals surface area (Å²) in [7, 11) is 0. The van der Waals surface area contributed by atoms with E-state index in [0.717, 1.165) is 6.42 Å². The smallest absolute Gasteiger partial charge is 0.400 e. The number of hydrogen-bond acceptors (Lipinski definition) is 4. The Morgan fingerprint density at radius 1 is 1.47 bits per heavy atom. The summed E-state index contributed by atoms with van der Waals surface area (Å²) in [6, 6.07) is 0. The van der Waals surface area contributed by atoms with E-state index in [1.54, 1.807) is 0 Å². The predicted octanol–water partition coefficient (Wildman–Crippen LogP) is 0.416. The lowest BCUT2D eigenvalue weighted by atomic mass is 9.80. The van der Waals surface area contributed by atoms with Crippen LogP contribution in [0.3, 0.4) is 0 Å². The topological polar surface area (TPSA) is 90.9 Å². The molecule has 0 radical (unpaired) electrons. The van der Waals surface area contributed by atoms with E-state index in [1.165, 1.54) is 0 Å². The van der Waals surface area contributed by atoms with Crippen molar-refractivity contribution in [2.45, 2.75) is 31.0 Å². The second kappa shape index (κ2) is 5.09. The van der Waals surface area contributed by atoms with E-state index >= 15 is 0 Å². The van der Waals surface area contributed by atoms with Crippen LogP contribution in [-0.4, -0.2) is 41.0 Å². The fourth-order valence-corrected chi connectivity index (χ4v) is 1.67. The van der Waals surface area contributed by atoms with Crippen LogP contribution in [0.4, 0.5) is 13.2 Å². The molecule has 1 unspecified atom stereocenters. The highest BCUT2D eigenvalue weighted by Crippen LogP contribution is 2.31. The highest BCUT2D eigenvalue weighted by Gasteiger charge is 2.43. The first kappa shape index (κ1) is 14.0. The van der Waals surface area contributed by atoms with Crippen LogP contribution in [0.2, 0.25) is 0 Å². The molecule has 0 spiro atoms. The van der Waals surface area contributed by atoms with Gasteiger partial charge in [-0.2, -0.15) is 13.2 Å². The maximum atomic E-state index is 12.5. The van der Waals surface area contributed by atoms with E-state index in [9.17, 15) is 18.3 Å². The number of nitrogens with one attached hydrogen (secondary N) is 1. The van der Waals surface area contributed by atoms with Crippen LogP contribution in [0.5, 0.6) is 0 Å². The summed E-state index contributed by atoms with van der Waals surface area (Å²) in [4.78, 5) is 0. The molecule has 0 saturated heterocycles. The molecule has 1 saturated carbocycles. The van der Waals surface area contributed by atoms with Crippen molar-refractivity contribution >= 4 is 5.84 Å². The molecule has 17 heavy (non-hydrogen) atoms. The standard InChI is InChI=1S/C9H16F3N3O2/c10-9(11,12)6(7(13)15-17)4-14-5-8(16)2-1-3-8/h6,14,16-17H,1-5H2,(H2,13,15). The number of hydrogen-bond donors (Lipinski definition) is 4. The second-order valence-corrected chi connectivity index (χ2v) is 4.33. The number of nitrogens with two attached hydrogens (primary N) is 1. The zero-order chi connectivity index (χ0) is 13.1. The van der Waals surface area contributed by atoms with Gasteiger partial charge in [-0.05, 0) is 19.3 Å². The third-order valence-electron chi connectivity index (χ3n) is 2.95. The van der Waals surface area contributed by atoms with Crippen LogP contribution in [0.1, 0.15) is 19.3 Å². The number of amidine groups is 1. The second-order valence-electron chi connectivity index (χ2n) is 4.33. The maximum absolute atomic E-state index is 12.5. The molecule has 1 rings (SSSR count). The predicted molar refractivity (Wildman–Crippen MR) is 54.6 cm³/mol. The normalized spacial score (nSPS) is 22.0. The van der Waals surface area contributed by atoms with Crippen molar-refractivity contribution in [1.29, 1.82) is 0 Å². The van der Waals surface area contributed by atoms with Gasteiger partial charge >= 0.3 is 6.18 Å². The average molecular weight is 255 g/mol. The van der Waals surface area contributed by atoms with Gasteiger partial charge < -0.3 is 21.4 Å². The van der Waals surface area contributed by atoms with Crippen molar-refractivity contribution in [3.8, 4) is 0 Å². The lowest BCUT2D eigenvalue weighted by molar-refractivity contribution is -0.155. The molecule has 0 aromatic heterocycles. The first-order valence-corrected chi connectivity index (χ1v) is 5.26.